The van der Waals surface area contributed by atoms with Gasteiger partial charge in [0.2, 0.25) is 0 Å². The predicted molar refractivity (Wildman–Crippen MR) is 108 cm³/mol. The summed E-state index contributed by atoms with van der Waals surface area (Å²) in [6, 6.07) is 11.0. The smallest absolute Gasteiger partial charge is 0.121 e. The zero-order valence-electron chi connectivity index (χ0n) is 16.1. The quantitative estimate of drug-likeness (QED) is 0.737. The van der Waals surface area contributed by atoms with Crippen LogP contribution in [0.25, 0.3) is 0 Å². The van der Waals surface area contributed by atoms with E-state index in [-0.39, 0.29) is 11.8 Å². The van der Waals surface area contributed by atoms with Gasteiger partial charge in [-0.1, -0.05) is 23.7 Å². The van der Waals surface area contributed by atoms with E-state index in [0.717, 1.165) is 22.3 Å². The number of hydrogen-bond acceptors (Lipinski definition) is 4. The van der Waals surface area contributed by atoms with E-state index < -0.39 is 11.7 Å². The Morgan fingerprint density at radius 3 is 2.07 bits per heavy atom. The van der Waals surface area contributed by atoms with Crippen LogP contribution in [0.15, 0.2) is 36.4 Å². The topological polar surface area (TPSA) is 63.9 Å². The van der Waals surface area contributed by atoms with Gasteiger partial charge in [0.1, 0.15) is 5.75 Å². The van der Waals surface area contributed by atoms with Gasteiger partial charge in [-0.3, -0.25) is 4.90 Å². The van der Waals surface area contributed by atoms with Crippen LogP contribution < -0.4 is 0 Å². The fraction of sp³-hybridized carbons (Fsp3) is 0.455. The minimum Gasteiger partial charge on any atom is -0.507 e. The zero-order valence-corrected chi connectivity index (χ0v) is 16.9. The Bertz CT molecular complexity index is 775. The van der Waals surface area contributed by atoms with E-state index in [1.165, 1.54) is 0 Å². The van der Waals surface area contributed by atoms with Gasteiger partial charge in [-0.15, -0.1) is 0 Å². The molecule has 1 aliphatic rings. The summed E-state index contributed by atoms with van der Waals surface area (Å²) in [5.41, 5.74) is 2.40. The number of aliphatic hydroxyl groups is 2. The van der Waals surface area contributed by atoms with E-state index in [4.69, 9.17) is 11.6 Å². The molecule has 2 atom stereocenters. The van der Waals surface area contributed by atoms with Crippen LogP contribution in [0.5, 0.6) is 5.75 Å². The highest BCUT2D eigenvalue weighted by molar-refractivity contribution is 6.30. The van der Waals surface area contributed by atoms with Gasteiger partial charge in [0.05, 0.1) is 11.7 Å². The van der Waals surface area contributed by atoms with Crippen molar-refractivity contribution in [2.75, 3.05) is 13.1 Å². The standard InChI is InChI=1S/C22H28ClNO3/c1-14-12-17(13-15(2)20(14)25)21(26)16(3)24-10-8-22(27,9-11-24)18-4-6-19(23)7-5-18/h4-7,12-13,16,21,25-27H,8-11H2,1-3H3/t16-,21+/m1/s1. The van der Waals surface area contributed by atoms with Crippen molar-refractivity contribution in [3.63, 3.8) is 0 Å². The lowest BCUT2D eigenvalue weighted by atomic mass is 9.83. The third kappa shape index (κ3) is 4.14. The van der Waals surface area contributed by atoms with Gasteiger partial charge in [0, 0.05) is 24.2 Å². The third-order valence-electron chi connectivity index (χ3n) is 5.89. The second-order valence-electron chi connectivity index (χ2n) is 7.76. The summed E-state index contributed by atoms with van der Waals surface area (Å²) < 4.78 is 0. The average molecular weight is 390 g/mol. The van der Waals surface area contributed by atoms with Crippen molar-refractivity contribution in [2.45, 2.75) is 51.4 Å². The second-order valence-corrected chi connectivity index (χ2v) is 8.20. The van der Waals surface area contributed by atoms with Crippen molar-refractivity contribution < 1.29 is 15.3 Å². The number of hydrogen-bond donors (Lipinski definition) is 3. The SMILES string of the molecule is Cc1cc([C@@H](O)[C@@H](C)N2CCC(O)(c3ccc(Cl)cc3)CC2)cc(C)c1O. The van der Waals surface area contributed by atoms with Crippen LogP contribution in [0.2, 0.25) is 5.02 Å². The monoisotopic (exact) mass is 389 g/mol. The predicted octanol–water partition coefficient (Wildman–Crippen LogP) is 4.07. The first kappa shape index (κ1) is 20.2. The lowest BCUT2D eigenvalue weighted by molar-refractivity contribution is -0.0501. The van der Waals surface area contributed by atoms with Crippen LogP contribution in [0.1, 0.15) is 48.1 Å². The first-order chi connectivity index (χ1) is 12.7. The van der Waals surface area contributed by atoms with Crippen molar-refractivity contribution in [3.05, 3.63) is 63.7 Å². The molecule has 3 N–H and O–H groups in total. The van der Waals surface area contributed by atoms with Crippen LogP contribution in [-0.2, 0) is 5.60 Å². The summed E-state index contributed by atoms with van der Waals surface area (Å²) in [4.78, 5) is 2.21. The van der Waals surface area contributed by atoms with Gasteiger partial charge in [-0.2, -0.15) is 0 Å². The Morgan fingerprint density at radius 2 is 1.56 bits per heavy atom. The highest BCUT2D eigenvalue weighted by atomic mass is 35.5. The molecular formula is C22H28ClNO3. The van der Waals surface area contributed by atoms with Gasteiger partial charge in [0.15, 0.2) is 0 Å². The molecule has 0 radical (unpaired) electrons. The fourth-order valence-corrected chi connectivity index (χ4v) is 4.11. The maximum absolute atomic E-state index is 11.0. The molecule has 4 nitrogen and oxygen atoms in total. The molecule has 1 heterocycles. The summed E-state index contributed by atoms with van der Waals surface area (Å²) >= 11 is 5.95. The molecule has 0 amide bonds. The third-order valence-corrected chi connectivity index (χ3v) is 6.15. The molecule has 146 valence electrons. The molecule has 2 aromatic carbocycles. The number of halogens is 1. The van der Waals surface area contributed by atoms with Crippen molar-refractivity contribution in [1.29, 1.82) is 0 Å². The first-order valence-electron chi connectivity index (χ1n) is 9.42. The Morgan fingerprint density at radius 1 is 1.04 bits per heavy atom. The van der Waals surface area contributed by atoms with Crippen molar-refractivity contribution in [1.82, 2.24) is 4.90 Å². The molecule has 0 unspecified atom stereocenters. The maximum atomic E-state index is 11.0. The van der Waals surface area contributed by atoms with E-state index in [1.807, 2.05) is 57.2 Å². The molecule has 0 bridgehead atoms. The van der Waals surface area contributed by atoms with Gasteiger partial charge in [-0.05, 0) is 80.1 Å². The number of aliphatic hydroxyl groups excluding tert-OH is 1. The van der Waals surface area contributed by atoms with E-state index in [2.05, 4.69) is 4.90 Å². The number of nitrogens with zero attached hydrogens (tertiary/aromatic N) is 1. The Kier molecular flexibility index (Phi) is 5.82. The van der Waals surface area contributed by atoms with E-state index >= 15 is 0 Å². The van der Waals surface area contributed by atoms with Gasteiger partial charge in [0.25, 0.3) is 0 Å². The Labute approximate surface area is 166 Å². The second kappa shape index (κ2) is 7.80. The zero-order chi connectivity index (χ0) is 19.8. The van der Waals surface area contributed by atoms with Gasteiger partial charge >= 0.3 is 0 Å². The summed E-state index contributed by atoms with van der Waals surface area (Å²) in [5, 5.41) is 32.5. The largest absolute Gasteiger partial charge is 0.507 e. The number of aryl methyl sites for hydroxylation is 2. The summed E-state index contributed by atoms with van der Waals surface area (Å²) in [7, 11) is 0. The Balaban J connectivity index is 1.69. The number of phenols is 1. The molecule has 2 aromatic rings. The number of phenolic OH excluding ortho intramolecular Hbond substituents is 1. The van der Waals surface area contributed by atoms with Crippen molar-refractivity contribution in [3.8, 4) is 5.75 Å². The van der Waals surface area contributed by atoms with Gasteiger partial charge in [-0.25, -0.2) is 0 Å². The molecule has 1 fully saturated rings. The summed E-state index contributed by atoms with van der Waals surface area (Å²) in [6.07, 6.45) is 0.572. The summed E-state index contributed by atoms with van der Waals surface area (Å²) in [6.45, 7) is 7.10. The van der Waals surface area contributed by atoms with E-state index in [0.29, 0.717) is 31.0 Å². The number of rotatable bonds is 4. The normalized spacial score (nSPS) is 19.6. The van der Waals surface area contributed by atoms with E-state index in [1.54, 1.807) is 0 Å². The molecule has 5 heteroatoms. The maximum Gasteiger partial charge on any atom is 0.121 e. The summed E-state index contributed by atoms with van der Waals surface area (Å²) in [5.74, 6) is 0.282. The fourth-order valence-electron chi connectivity index (χ4n) is 3.99. The minimum atomic E-state index is -0.850. The number of piperidine rings is 1. The van der Waals surface area contributed by atoms with Crippen LogP contribution in [-0.4, -0.2) is 39.4 Å². The molecule has 0 aromatic heterocycles. The highest BCUT2D eigenvalue weighted by Crippen LogP contribution is 2.36. The molecule has 0 saturated carbocycles. The van der Waals surface area contributed by atoms with Crippen LogP contribution in [0.3, 0.4) is 0 Å². The van der Waals surface area contributed by atoms with Gasteiger partial charge < -0.3 is 15.3 Å². The van der Waals surface area contributed by atoms with E-state index in [9.17, 15) is 15.3 Å². The number of likely N-dealkylation sites (tertiary alicyclic amines) is 1. The average Bonchev–Trinajstić information content (AvgIpc) is 2.65. The molecular weight excluding hydrogens is 362 g/mol. The van der Waals surface area contributed by atoms with Crippen molar-refractivity contribution >= 4 is 11.6 Å². The van der Waals surface area contributed by atoms with Crippen LogP contribution in [0.4, 0.5) is 0 Å². The number of aromatic hydroxyl groups is 1. The van der Waals surface area contributed by atoms with Crippen LogP contribution in [0, 0.1) is 13.8 Å². The molecule has 0 aliphatic carbocycles. The Hall–Kier alpha value is -1.59. The van der Waals surface area contributed by atoms with Crippen LogP contribution >= 0.6 is 11.6 Å². The number of benzene rings is 2. The molecule has 3 rings (SSSR count). The lowest BCUT2D eigenvalue weighted by Gasteiger charge is -2.42. The lowest BCUT2D eigenvalue weighted by Crippen LogP contribution is -2.47. The molecule has 1 aliphatic heterocycles. The first-order valence-corrected chi connectivity index (χ1v) is 9.80. The van der Waals surface area contributed by atoms with Crippen molar-refractivity contribution in [2.24, 2.45) is 0 Å². The highest BCUT2D eigenvalue weighted by Gasteiger charge is 2.36. The molecule has 1 saturated heterocycles. The molecule has 0 spiro atoms. The molecule has 27 heavy (non-hydrogen) atoms. The minimum absolute atomic E-state index is 0.0805.